The molecule has 1 N–H and O–H groups in total. The first-order chi connectivity index (χ1) is 11.6. The van der Waals surface area contributed by atoms with Gasteiger partial charge in [0.15, 0.2) is 0 Å². The van der Waals surface area contributed by atoms with Crippen molar-refractivity contribution in [2.45, 2.75) is 19.5 Å². The number of carbonyl (C=O) groups excluding carboxylic acids is 1. The Morgan fingerprint density at radius 3 is 2.67 bits per heavy atom. The first-order valence-corrected chi connectivity index (χ1v) is 7.85. The topological polar surface area (TPSA) is 76.9 Å². The summed E-state index contributed by atoms with van der Waals surface area (Å²) < 4.78 is 1.21. The summed E-state index contributed by atoms with van der Waals surface area (Å²) in [4.78, 5) is 24.2. The molecule has 0 saturated heterocycles. The van der Waals surface area contributed by atoms with E-state index >= 15 is 0 Å². The first-order valence-electron chi connectivity index (χ1n) is 7.47. The minimum Gasteiger partial charge on any atom is -0.352 e. The molecule has 1 amide bonds. The van der Waals surface area contributed by atoms with Crippen LogP contribution in [0, 0.1) is 0 Å². The van der Waals surface area contributed by atoms with Crippen molar-refractivity contribution in [3.63, 3.8) is 0 Å². The maximum Gasteiger partial charge on any atom is 0.277 e. The second kappa shape index (κ2) is 7.23. The smallest absolute Gasteiger partial charge is 0.277 e. The summed E-state index contributed by atoms with van der Waals surface area (Å²) in [5.74, 6) is -0.160. The molecular weight excluding hydrogens is 328 g/mol. The third-order valence-corrected chi connectivity index (χ3v) is 3.83. The number of halogens is 1. The molecule has 0 unspecified atom stereocenters. The fraction of sp³-hybridized carbons (Fsp3) is 0.176. The van der Waals surface area contributed by atoms with Crippen LogP contribution in [0.3, 0.4) is 0 Å². The molecule has 0 atom stereocenters. The number of nitrogens with zero attached hydrogens (tertiary/aromatic N) is 3. The zero-order valence-electron chi connectivity index (χ0n) is 12.8. The number of carbonyl (C=O) groups is 1. The van der Waals surface area contributed by atoms with Crippen LogP contribution in [-0.2, 0) is 17.9 Å². The SMILES string of the molecule is O=C(CCn1nnc2ccccc2c1=O)NCc1ccc(Cl)cc1. The van der Waals surface area contributed by atoms with Gasteiger partial charge >= 0.3 is 0 Å². The second-order valence-corrected chi connectivity index (χ2v) is 5.72. The van der Waals surface area contributed by atoms with Crippen LogP contribution >= 0.6 is 11.6 Å². The lowest BCUT2D eigenvalue weighted by molar-refractivity contribution is -0.121. The van der Waals surface area contributed by atoms with Gasteiger partial charge in [0.25, 0.3) is 5.56 Å². The molecule has 6 nitrogen and oxygen atoms in total. The van der Waals surface area contributed by atoms with Crippen molar-refractivity contribution in [1.82, 2.24) is 20.3 Å². The van der Waals surface area contributed by atoms with E-state index in [4.69, 9.17) is 11.6 Å². The van der Waals surface area contributed by atoms with Gasteiger partial charge in [-0.2, -0.15) is 0 Å². The van der Waals surface area contributed by atoms with Crippen molar-refractivity contribution < 1.29 is 4.79 Å². The quantitative estimate of drug-likeness (QED) is 0.770. The Morgan fingerprint density at radius 2 is 1.88 bits per heavy atom. The van der Waals surface area contributed by atoms with E-state index in [-0.39, 0.29) is 24.4 Å². The zero-order valence-corrected chi connectivity index (χ0v) is 13.5. The predicted octanol–water partition coefficient (Wildman–Crippen LogP) is 2.15. The van der Waals surface area contributed by atoms with Gasteiger partial charge in [-0.3, -0.25) is 9.59 Å². The molecule has 3 aromatic rings. The van der Waals surface area contributed by atoms with Crippen LogP contribution in [0.4, 0.5) is 0 Å². The Balaban J connectivity index is 1.59. The van der Waals surface area contributed by atoms with E-state index in [1.807, 2.05) is 12.1 Å². The Labute approximate surface area is 143 Å². The molecule has 0 radical (unpaired) electrons. The third-order valence-electron chi connectivity index (χ3n) is 3.58. The van der Waals surface area contributed by atoms with Crippen molar-refractivity contribution in [1.29, 1.82) is 0 Å². The van der Waals surface area contributed by atoms with Crippen LogP contribution in [0.15, 0.2) is 53.3 Å². The number of fused-ring (bicyclic) bond motifs is 1. The van der Waals surface area contributed by atoms with E-state index in [2.05, 4.69) is 15.6 Å². The molecule has 0 aliphatic rings. The highest BCUT2D eigenvalue weighted by Gasteiger charge is 2.07. The average Bonchev–Trinajstić information content (AvgIpc) is 2.61. The minimum atomic E-state index is -0.244. The molecule has 1 heterocycles. The molecule has 0 bridgehead atoms. The monoisotopic (exact) mass is 342 g/mol. The van der Waals surface area contributed by atoms with Crippen molar-refractivity contribution in [3.8, 4) is 0 Å². The van der Waals surface area contributed by atoms with Gasteiger partial charge < -0.3 is 5.32 Å². The van der Waals surface area contributed by atoms with Crippen molar-refractivity contribution >= 4 is 28.4 Å². The predicted molar refractivity (Wildman–Crippen MR) is 91.7 cm³/mol. The Kier molecular flexibility index (Phi) is 4.86. The van der Waals surface area contributed by atoms with Gasteiger partial charge in [0.2, 0.25) is 5.91 Å². The van der Waals surface area contributed by atoms with Crippen molar-refractivity contribution in [2.75, 3.05) is 0 Å². The highest BCUT2D eigenvalue weighted by Crippen LogP contribution is 2.09. The van der Waals surface area contributed by atoms with Gasteiger partial charge in [-0.25, -0.2) is 4.68 Å². The van der Waals surface area contributed by atoms with Gasteiger partial charge in [0.05, 0.1) is 11.9 Å². The van der Waals surface area contributed by atoms with Gasteiger partial charge in [0, 0.05) is 18.0 Å². The maximum absolute atomic E-state index is 12.3. The van der Waals surface area contributed by atoms with Crippen molar-refractivity contribution in [3.05, 3.63) is 69.5 Å². The molecule has 2 aromatic carbocycles. The molecule has 0 aliphatic carbocycles. The van der Waals surface area contributed by atoms with E-state index in [0.717, 1.165) is 5.56 Å². The fourth-order valence-corrected chi connectivity index (χ4v) is 2.39. The number of hydrogen-bond acceptors (Lipinski definition) is 4. The maximum atomic E-state index is 12.3. The highest BCUT2D eigenvalue weighted by atomic mass is 35.5. The van der Waals surface area contributed by atoms with Crippen LogP contribution in [0.1, 0.15) is 12.0 Å². The number of nitrogens with one attached hydrogen (secondary N) is 1. The van der Waals surface area contributed by atoms with Crippen LogP contribution in [0.25, 0.3) is 10.9 Å². The van der Waals surface area contributed by atoms with Crippen LogP contribution in [0.5, 0.6) is 0 Å². The molecule has 0 spiro atoms. The Hall–Kier alpha value is -2.73. The number of aromatic nitrogens is 3. The second-order valence-electron chi connectivity index (χ2n) is 5.29. The molecule has 1 aromatic heterocycles. The largest absolute Gasteiger partial charge is 0.352 e. The molecule has 0 fully saturated rings. The van der Waals surface area contributed by atoms with Gasteiger partial charge in [-0.1, -0.05) is 41.1 Å². The van der Waals surface area contributed by atoms with E-state index in [0.29, 0.717) is 22.5 Å². The number of amides is 1. The molecule has 3 rings (SSSR count). The van der Waals surface area contributed by atoms with E-state index in [1.165, 1.54) is 4.68 Å². The summed E-state index contributed by atoms with van der Waals surface area (Å²) in [6.45, 7) is 0.595. The molecule has 24 heavy (non-hydrogen) atoms. The van der Waals surface area contributed by atoms with E-state index in [9.17, 15) is 9.59 Å². The van der Waals surface area contributed by atoms with E-state index in [1.54, 1.807) is 36.4 Å². The van der Waals surface area contributed by atoms with Crippen molar-refractivity contribution in [2.24, 2.45) is 0 Å². The normalized spacial score (nSPS) is 10.7. The Morgan fingerprint density at radius 1 is 1.12 bits per heavy atom. The summed E-state index contributed by atoms with van der Waals surface area (Å²) in [7, 11) is 0. The third kappa shape index (κ3) is 3.78. The standard InChI is InChI=1S/C17H15ClN4O2/c18-13-7-5-12(6-8-13)11-19-16(23)9-10-22-17(24)14-3-1-2-4-15(14)20-21-22/h1-8H,9-11H2,(H,19,23). The molecule has 0 aliphatic heterocycles. The summed E-state index contributed by atoms with van der Waals surface area (Å²) in [6.07, 6.45) is 0.153. The lowest BCUT2D eigenvalue weighted by Gasteiger charge is -2.07. The molecular formula is C17H15ClN4O2. The number of aryl methyl sites for hydroxylation is 1. The van der Waals surface area contributed by atoms with Gasteiger partial charge in [-0.15, -0.1) is 5.10 Å². The van der Waals surface area contributed by atoms with Crippen LogP contribution in [-0.4, -0.2) is 20.9 Å². The summed E-state index contributed by atoms with van der Waals surface area (Å²) in [6, 6.07) is 14.2. The molecule has 0 saturated carbocycles. The zero-order chi connectivity index (χ0) is 16.9. The lowest BCUT2D eigenvalue weighted by Crippen LogP contribution is -2.29. The minimum absolute atomic E-state index is 0.153. The van der Waals surface area contributed by atoms with Crippen LogP contribution < -0.4 is 10.9 Å². The fourth-order valence-electron chi connectivity index (χ4n) is 2.27. The lowest BCUT2D eigenvalue weighted by atomic mass is 10.2. The number of rotatable bonds is 5. The molecule has 7 heteroatoms. The number of hydrogen-bond donors (Lipinski definition) is 1. The summed E-state index contributed by atoms with van der Waals surface area (Å²) >= 11 is 5.82. The summed E-state index contributed by atoms with van der Waals surface area (Å²) in [5.41, 5.74) is 1.26. The van der Waals surface area contributed by atoms with E-state index < -0.39 is 0 Å². The highest BCUT2D eigenvalue weighted by molar-refractivity contribution is 6.30. The van der Waals surface area contributed by atoms with Gasteiger partial charge in [0.1, 0.15) is 5.52 Å². The first kappa shape index (κ1) is 16.1. The van der Waals surface area contributed by atoms with Crippen LogP contribution in [0.2, 0.25) is 5.02 Å². The number of benzene rings is 2. The molecule has 122 valence electrons. The average molecular weight is 343 g/mol. The Bertz CT molecular complexity index is 922. The summed E-state index contributed by atoms with van der Waals surface area (Å²) in [5, 5.41) is 11.8. The van der Waals surface area contributed by atoms with Gasteiger partial charge in [-0.05, 0) is 29.8 Å².